The molecule has 0 amide bonds. The number of hydrogen-bond acceptors (Lipinski definition) is 1. The molecular formula is C3H8N+. The molecule has 1 nitrogen and oxygen atoms in total. The van der Waals surface area contributed by atoms with E-state index in [1.807, 2.05) is 0 Å². The molecule has 0 radical (unpaired) electrons. The van der Waals surface area contributed by atoms with Crippen molar-refractivity contribution in [2.24, 2.45) is 5.73 Å². The van der Waals surface area contributed by atoms with Crippen molar-refractivity contribution in [1.29, 1.82) is 0 Å². The molecule has 24 valence electrons. The molecule has 1 heteroatoms. The first kappa shape index (κ1) is 3.70. The summed E-state index contributed by atoms with van der Waals surface area (Å²) < 4.78 is 0. The fourth-order valence-corrected chi connectivity index (χ4v) is 0. The van der Waals surface area contributed by atoms with Crippen molar-refractivity contribution < 1.29 is 1.43 Å². The Morgan fingerprint density at radius 2 is 2.50 bits per heavy atom. The predicted molar refractivity (Wildman–Crippen MR) is 20.4 cm³/mol. The topological polar surface area (TPSA) is 26.0 Å². The molecule has 0 spiro atoms. The number of hydrogen-bond donors (Lipinski definition) is 1. The highest BCUT2D eigenvalue weighted by atomic mass is 14.5. The first-order chi connectivity index (χ1) is 1.91. The molecule has 0 aliphatic heterocycles. The Kier molecular flexibility index (Phi) is 2.50. The SMILES string of the molecule is C=CCN.[H+]. The van der Waals surface area contributed by atoms with Crippen molar-refractivity contribution in [1.82, 2.24) is 0 Å². The lowest BCUT2D eigenvalue weighted by molar-refractivity contribution is 1.26. The van der Waals surface area contributed by atoms with Crippen LogP contribution in [0.25, 0.3) is 0 Å². The molecule has 0 aromatic carbocycles. The average molecular weight is 58.1 g/mol. The summed E-state index contributed by atoms with van der Waals surface area (Å²) in [4.78, 5) is 0. The molecule has 0 aromatic rings. The molecule has 0 aromatic heterocycles. The molecule has 0 heterocycles. The lowest BCUT2D eigenvalue weighted by Crippen LogP contribution is -1.90. The van der Waals surface area contributed by atoms with E-state index in [1.54, 1.807) is 6.08 Å². The van der Waals surface area contributed by atoms with Crippen LogP contribution in [-0.2, 0) is 0 Å². The van der Waals surface area contributed by atoms with Gasteiger partial charge in [-0.1, -0.05) is 6.08 Å². The molecule has 0 atom stereocenters. The lowest BCUT2D eigenvalue weighted by atomic mass is 10.7. The second-order valence-electron chi connectivity index (χ2n) is 0.524. The third-order valence-corrected chi connectivity index (χ3v) is 0.167. The Labute approximate surface area is 27.6 Å². The van der Waals surface area contributed by atoms with Crippen LogP contribution in [0.5, 0.6) is 0 Å². The third kappa shape index (κ3) is 1.70. The Morgan fingerprint density at radius 1 is 2.25 bits per heavy atom. The molecule has 0 rings (SSSR count). The predicted octanol–water partition coefficient (Wildman–Crippen LogP) is 0.244. The normalized spacial score (nSPS) is 6.25. The van der Waals surface area contributed by atoms with Crippen LogP contribution in [0.15, 0.2) is 12.7 Å². The van der Waals surface area contributed by atoms with Crippen molar-refractivity contribution in [3.8, 4) is 0 Å². The second-order valence-corrected chi connectivity index (χ2v) is 0.524. The molecule has 0 fully saturated rings. The summed E-state index contributed by atoms with van der Waals surface area (Å²) in [6.07, 6.45) is 1.65. The van der Waals surface area contributed by atoms with E-state index in [2.05, 4.69) is 6.58 Å². The van der Waals surface area contributed by atoms with Gasteiger partial charge in [0.1, 0.15) is 0 Å². The van der Waals surface area contributed by atoms with Gasteiger partial charge in [-0.05, 0) is 0 Å². The molecule has 0 aliphatic carbocycles. The smallest absolute Gasteiger partial charge is 0.327 e. The minimum atomic E-state index is 0. The van der Waals surface area contributed by atoms with Gasteiger partial charge in [0, 0.05) is 6.54 Å². The fourth-order valence-electron chi connectivity index (χ4n) is 0. The van der Waals surface area contributed by atoms with Gasteiger partial charge in [0.2, 0.25) is 0 Å². The fraction of sp³-hybridized carbons (Fsp3) is 0.333. The van der Waals surface area contributed by atoms with Crippen molar-refractivity contribution in [2.45, 2.75) is 0 Å². The highest BCUT2D eigenvalue weighted by molar-refractivity contribution is 4.64. The standard InChI is InChI=1S/C3H7N/c1-2-3-4/h2H,1,3-4H2/p+1. The maximum Gasteiger partial charge on any atom is 1.00 e. The van der Waals surface area contributed by atoms with Crippen LogP contribution >= 0.6 is 0 Å². The van der Waals surface area contributed by atoms with Crippen LogP contribution in [0, 0.1) is 0 Å². The van der Waals surface area contributed by atoms with Gasteiger partial charge in [-0.2, -0.15) is 0 Å². The van der Waals surface area contributed by atoms with Gasteiger partial charge in [-0.25, -0.2) is 0 Å². The van der Waals surface area contributed by atoms with Crippen LogP contribution in [-0.4, -0.2) is 6.54 Å². The van der Waals surface area contributed by atoms with Gasteiger partial charge in [-0.15, -0.1) is 6.58 Å². The van der Waals surface area contributed by atoms with Crippen LogP contribution < -0.4 is 5.73 Å². The summed E-state index contributed by atoms with van der Waals surface area (Å²) in [6.45, 7) is 3.94. The number of nitrogens with two attached hydrogens (primary N) is 1. The Balaban J connectivity index is 0. The van der Waals surface area contributed by atoms with Gasteiger partial charge in [0.15, 0.2) is 0 Å². The Morgan fingerprint density at radius 3 is 2.50 bits per heavy atom. The second kappa shape index (κ2) is 2.70. The third-order valence-electron chi connectivity index (χ3n) is 0.167. The van der Waals surface area contributed by atoms with Crippen molar-refractivity contribution in [3.05, 3.63) is 12.7 Å². The first-order valence-electron chi connectivity index (χ1n) is 1.22. The van der Waals surface area contributed by atoms with Crippen molar-refractivity contribution in [3.63, 3.8) is 0 Å². The van der Waals surface area contributed by atoms with Crippen molar-refractivity contribution >= 4 is 0 Å². The number of rotatable bonds is 1. The zero-order valence-corrected chi connectivity index (χ0v) is 2.57. The lowest BCUT2D eigenvalue weighted by Gasteiger charge is -1.61. The van der Waals surface area contributed by atoms with E-state index in [9.17, 15) is 0 Å². The highest BCUT2D eigenvalue weighted by Crippen LogP contribution is 1.40. The summed E-state index contributed by atoms with van der Waals surface area (Å²) in [7, 11) is 0. The van der Waals surface area contributed by atoms with Crippen LogP contribution in [0.1, 0.15) is 1.43 Å². The monoisotopic (exact) mass is 58.1 g/mol. The van der Waals surface area contributed by atoms with Gasteiger partial charge < -0.3 is 5.73 Å². The summed E-state index contributed by atoms with van der Waals surface area (Å²) in [6, 6.07) is 0. The van der Waals surface area contributed by atoms with Gasteiger partial charge >= 0.3 is 1.43 Å². The van der Waals surface area contributed by atoms with Gasteiger partial charge in [0.25, 0.3) is 0 Å². The van der Waals surface area contributed by atoms with E-state index in [4.69, 9.17) is 5.73 Å². The van der Waals surface area contributed by atoms with Gasteiger partial charge in [0.05, 0.1) is 0 Å². The van der Waals surface area contributed by atoms with Crippen molar-refractivity contribution in [2.75, 3.05) is 6.54 Å². The van der Waals surface area contributed by atoms with E-state index in [0.29, 0.717) is 6.54 Å². The Hall–Kier alpha value is -0.300. The highest BCUT2D eigenvalue weighted by Gasteiger charge is 1.43. The zero-order chi connectivity index (χ0) is 3.41. The molecule has 0 bridgehead atoms. The summed E-state index contributed by atoms with van der Waals surface area (Å²) in [5.74, 6) is 0. The first-order valence-corrected chi connectivity index (χ1v) is 1.22. The maximum atomic E-state index is 4.91. The van der Waals surface area contributed by atoms with E-state index >= 15 is 0 Å². The van der Waals surface area contributed by atoms with Crippen LogP contribution in [0.2, 0.25) is 0 Å². The minimum Gasteiger partial charge on any atom is -0.327 e. The minimum absolute atomic E-state index is 0. The molecule has 0 unspecified atom stereocenters. The van der Waals surface area contributed by atoms with Crippen LogP contribution in [0.3, 0.4) is 0 Å². The largest absolute Gasteiger partial charge is 1.00 e. The summed E-state index contributed by atoms with van der Waals surface area (Å²) in [5, 5.41) is 0. The molecule has 4 heavy (non-hydrogen) atoms. The molecule has 0 saturated carbocycles. The molecular weight excluding hydrogens is 50.0 g/mol. The zero-order valence-electron chi connectivity index (χ0n) is 3.57. The quantitative estimate of drug-likeness (QED) is 0.429. The average Bonchev–Trinajstić information content (AvgIpc) is 1.37. The van der Waals surface area contributed by atoms with E-state index < -0.39 is 0 Å². The summed E-state index contributed by atoms with van der Waals surface area (Å²) in [5.41, 5.74) is 4.91. The summed E-state index contributed by atoms with van der Waals surface area (Å²) >= 11 is 0. The van der Waals surface area contributed by atoms with E-state index in [1.165, 1.54) is 0 Å². The van der Waals surface area contributed by atoms with Crippen LogP contribution in [0.4, 0.5) is 0 Å². The van der Waals surface area contributed by atoms with Gasteiger partial charge in [-0.3, -0.25) is 0 Å². The molecule has 0 aliphatic rings. The molecule has 2 N–H and O–H groups in total. The van der Waals surface area contributed by atoms with E-state index in [0.717, 1.165) is 0 Å². The van der Waals surface area contributed by atoms with E-state index in [-0.39, 0.29) is 1.43 Å². The Bertz CT molecular complexity index is 20.9. The molecule has 0 saturated heterocycles. The maximum absolute atomic E-state index is 4.91.